The number of aliphatic imine (C=N–C) groups is 1. The quantitative estimate of drug-likeness (QED) is 0.293. The van der Waals surface area contributed by atoms with Gasteiger partial charge in [-0.2, -0.15) is 5.10 Å². The van der Waals surface area contributed by atoms with E-state index in [9.17, 15) is 8.42 Å². The Morgan fingerprint density at radius 1 is 1.17 bits per heavy atom. The lowest BCUT2D eigenvalue weighted by molar-refractivity contribution is 0.568. The van der Waals surface area contributed by atoms with Gasteiger partial charge in [0, 0.05) is 38.1 Å². The summed E-state index contributed by atoms with van der Waals surface area (Å²) in [5, 5.41) is 10.7. The first-order chi connectivity index (χ1) is 13.9. The van der Waals surface area contributed by atoms with Crippen molar-refractivity contribution in [2.45, 2.75) is 52.1 Å². The van der Waals surface area contributed by atoms with E-state index in [1.807, 2.05) is 62.0 Å². The number of benzene rings is 1. The van der Waals surface area contributed by atoms with Crippen LogP contribution in [0.5, 0.6) is 0 Å². The number of hydrogen-bond donors (Lipinski definition) is 3. The molecule has 3 N–H and O–H groups in total. The monoisotopic (exact) mass is 420 g/mol. The van der Waals surface area contributed by atoms with Crippen molar-refractivity contribution in [3.8, 4) is 0 Å². The zero-order chi connectivity index (χ0) is 21.1. The first-order valence-electron chi connectivity index (χ1n) is 9.96. The van der Waals surface area contributed by atoms with Crippen LogP contribution in [-0.4, -0.2) is 43.3 Å². The van der Waals surface area contributed by atoms with E-state index in [1.165, 1.54) is 0 Å². The highest BCUT2D eigenvalue weighted by Crippen LogP contribution is 2.13. The van der Waals surface area contributed by atoms with Crippen LogP contribution in [0.15, 0.2) is 47.7 Å². The molecule has 0 amide bonds. The Bertz CT molecular complexity index is 863. The maximum absolute atomic E-state index is 12.3. The van der Waals surface area contributed by atoms with Crippen molar-refractivity contribution in [2.24, 2.45) is 4.99 Å². The Balaban J connectivity index is 1.97. The first-order valence-corrected chi connectivity index (χ1v) is 11.6. The van der Waals surface area contributed by atoms with Gasteiger partial charge in [-0.25, -0.2) is 18.1 Å². The molecule has 1 heterocycles. The Kier molecular flexibility index (Phi) is 9.14. The fourth-order valence-electron chi connectivity index (χ4n) is 2.84. The second kappa shape index (κ2) is 11.6. The van der Waals surface area contributed by atoms with Gasteiger partial charge in [0.15, 0.2) is 5.96 Å². The number of nitrogens with one attached hydrogen (secondary N) is 3. The average Bonchev–Trinajstić information content (AvgIpc) is 3.16. The van der Waals surface area contributed by atoms with Crippen molar-refractivity contribution in [3.05, 3.63) is 53.9 Å². The van der Waals surface area contributed by atoms with E-state index in [1.54, 1.807) is 6.20 Å². The molecular weight excluding hydrogens is 388 g/mol. The molecule has 0 aliphatic carbocycles. The second-order valence-corrected chi connectivity index (χ2v) is 8.80. The van der Waals surface area contributed by atoms with E-state index in [0.717, 1.165) is 37.2 Å². The highest BCUT2D eigenvalue weighted by Gasteiger charge is 2.15. The highest BCUT2D eigenvalue weighted by molar-refractivity contribution is 7.88. The zero-order valence-electron chi connectivity index (χ0n) is 17.4. The van der Waals surface area contributed by atoms with Crippen molar-refractivity contribution in [2.75, 3.05) is 13.1 Å². The largest absolute Gasteiger partial charge is 0.357 e. The summed E-state index contributed by atoms with van der Waals surface area (Å²) in [6, 6.07) is 9.30. The molecule has 0 saturated heterocycles. The Hall–Kier alpha value is -2.39. The predicted octanol–water partition coefficient (Wildman–Crippen LogP) is 1.86. The second-order valence-electron chi connectivity index (χ2n) is 7.04. The van der Waals surface area contributed by atoms with E-state index in [2.05, 4.69) is 25.4 Å². The van der Waals surface area contributed by atoms with Gasteiger partial charge >= 0.3 is 0 Å². The lowest BCUT2D eigenvalue weighted by Crippen LogP contribution is -2.38. The number of sulfonamides is 1. The third-order valence-corrected chi connectivity index (χ3v) is 5.57. The zero-order valence-corrected chi connectivity index (χ0v) is 18.2. The van der Waals surface area contributed by atoms with Gasteiger partial charge in [-0.15, -0.1) is 0 Å². The molecule has 0 radical (unpaired) electrons. The van der Waals surface area contributed by atoms with E-state index in [4.69, 9.17) is 0 Å². The smallest absolute Gasteiger partial charge is 0.216 e. The van der Waals surface area contributed by atoms with Crippen molar-refractivity contribution >= 4 is 16.0 Å². The van der Waals surface area contributed by atoms with Gasteiger partial charge in [0.1, 0.15) is 0 Å². The number of nitrogens with zero attached hydrogens (tertiary/aromatic N) is 3. The summed E-state index contributed by atoms with van der Waals surface area (Å²) in [4.78, 5) is 4.63. The molecule has 0 saturated carbocycles. The first kappa shape index (κ1) is 22.9. The molecule has 0 aliphatic heterocycles. The summed E-state index contributed by atoms with van der Waals surface area (Å²) >= 11 is 0. The van der Waals surface area contributed by atoms with Crippen LogP contribution in [0.2, 0.25) is 0 Å². The van der Waals surface area contributed by atoms with Gasteiger partial charge in [0.2, 0.25) is 10.0 Å². The topological polar surface area (TPSA) is 100 Å². The van der Waals surface area contributed by atoms with E-state index >= 15 is 0 Å². The molecule has 29 heavy (non-hydrogen) atoms. The van der Waals surface area contributed by atoms with Gasteiger partial charge in [-0.3, -0.25) is 4.68 Å². The summed E-state index contributed by atoms with van der Waals surface area (Å²) < 4.78 is 29.1. The van der Waals surface area contributed by atoms with Crippen LogP contribution in [0.4, 0.5) is 0 Å². The molecule has 8 nitrogen and oxygen atoms in total. The van der Waals surface area contributed by atoms with Crippen LogP contribution in [-0.2, 0) is 28.9 Å². The maximum atomic E-state index is 12.3. The summed E-state index contributed by atoms with van der Waals surface area (Å²) in [5.41, 5.74) is 1.66. The lowest BCUT2D eigenvalue weighted by atomic mass is 10.1. The minimum Gasteiger partial charge on any atom is -0.357 e. The summed E-state index contributed by atoms with van der Waals surface area (Å²) in [5.74, 6) is 0.663. The fraction of sp³-hybridized carbons (Fsp3) is 0.500. The number of hydrogen-bond acceptors (Lipinski definition) is 4. The number of aromatic nitrogens is 2. The predicted molar refractivity (Wildman–Crippen MR) is 117 cm³/mol. The SMILES string of the molecule is CCNC(=NCc1ccccc1CS(=O)(=O)NC(C)C)NCCCn1cccn1. The van der Waals surface area contributed by atoms with Crippen molar-refractivity contribution < 1.29 is 8.42 Å². The van der Waals surface area contributed by atoms with E-state index < -0.39 is 10.0 Å². The van der Waals surface area contributed by atoms with Crippen LogP contribution < -0.4 is 15.4 Å². The third kappa shape index (κ3) is 8.66. The highest BCUT2D eigenvalue weighted by atomic mass is 32.2. The van der Waals surface area contributed by atoms with Crippen LogP contribution in [0, 0.1) is 0 Å². The van der Waals surface area contributed by atoms with Gasteiger partial charge in [-0.05, 0) is 44.4 Å². The van der Waals surface area contributed by atoms with Gasteiger partial charge in [0.25, 0.3) is 0 Å². The minimum absolute atomic E-state index is 0.0509. The molecule has 0 fully saturated rings. The standard InChI is InChI=1S/C20H32N6O2S/c1-4-21-20(22-11-7-13-26-14-8-12-24-26)23-15-18-9-5-6-10-19(18)16-29(27,28)25-17(2)3/h5-6,8-10,12,14,17,25H,4,7,11,13,15-16H2,1-3H3,(H2,21,22,23). The molecule has 9 heteroatoms. The van der Waals surface area contributed by atoms with Crippen LogP contribution in [0.1, 0.15) is 38.3 Å². The molecular formula is C20H32N6O2S. The van der Waals surface area contributed by atoms with Crippen LogP contribution >= 0.6 is 0 Å². The Morgan fingerprint density at radius 2 is 1.93 bits per heavy atom. The molecule has 160 valence electrons. The number of aryl methyl sites for hydroxylation is 1. The van der Waals surface area contributed by atoms with Crippen LogP contribution in [0.25, 0.3) is 0 Å². The Morgan fingerprint density at radius 3 is 2.59 bits per heavy atom. The van der Waals surface area contributed by atoms with Crippen molar-refractivity contribution in [1.82, 2.24) is 25.1 Å². The maximum Gasteiger partial charge on any atom is 0.216 e. The molecule has 0 bridgehead atoms. The lowest BCUT2D eigenvalue weighted by Gasteiger charge is -2.14. The van der Waals surface area contributed by atoms with Gasteiger partial charge in [0.05, 0.1) is 12.3 Å². The fourth-order valence-corrected chi connectivity index (χ4v) is 4.34. The normalized spacial score (nSPS) is 12.3. The summed E-state index contributed by atoms with van der Waals surface area (Å²) in [6.07, 6.45) is 4.63. The van der Waals surface area contributed by atoms with E-state index in [-0.39, 0.29) is 11.8 Å². The van der Waals surface area contributed by atoms with E-state index in [0.29, 0.717) is 12.5 Å². The molecule has 1 aromatic carbocycles. The molecule has 0 aliphatic rings. The molecule has 0 atom stereocenters. The number of guanidine groups is 1. The molecule has 0 spiro atoms. The third-order valence-electron chi connectivity index (χ3n) is 4.05. The summed E-state index contributed by atoms with van der Waals surface area (Å²) in [7, 11) is -3.38. The Labute approximate surface area is 173 Å². The van der Waals surface area contributed by atoms with Crippen molar-refractivity contribution in [1.29, 1.82) is 0 Å². The van der Waals surface area contributed by atoms with Crippen LogP contribution in [0.3, 0.4) is 0 Å². The van der Waals surface area contributed by atoms with Gasteiger partial charge in [-0.1, -0.05) is 24.3 Å². The molecule has 0 unspecified atom stereocenters. The molecule has 2 aromatic rings. The minimum atomic E-state index is -3.38. The average molecular weight is 421 g/mol. The van der Waals surface area contributed by atoms with Gasteiger partial charge < -0.3 is 10.6 Å². The molecule has 2 rings (SSSR count). The number of rotatable bonds is 11. The molecule has 1 aromatic heterocycles. The summed E-state index contributed by atoms with van der Waals surface area (Å²) in [6.45, 7) is 8.40. The van der Waals surface area contributed by atoms with Crippen molar-refractivity contribution in [3.63, 3.8) is 0 Å².